The minimum Gasteiger partial charge on any atom is -0.352 e. The van der Waals surface area contributed by atoms with Crippen molar-refractivity contribution in [2.45, 2.75) is 90.9 Å². The summed E-state index contributed by atoms with van der Waals surface area (Å²) in [4.78, 5) is 11.3. The molecule has 0 aromatic carbocycles. The fourth-order valence-corrected chi connectivity index (χ4v) is 2.47. The van der Waals surface area contributed by atoms with Gasteiger partial charge in [0.1, 0.15) is 0 Å². The lowest BCUT2D eigenvalue weighted by atomic mass is 10.1. The van der Waals surface area contributed by atoms with Crippen molar-refractivity contribution in [1.82, 2.24) is 5.32 Å². The Bertz CT molecular complexity index is 368. The highest BCUT2D eigenvalue weighted by atomic mass is 16.1. The molecule has 1 amide bonds. The van der Waals surface area contributed by atoms with E-state index in [1.807, 2.05) is 0 Å². The number of nitrogens with one attached hydrogen (secondary N) is 1. The van der Waals surface area contributed by atoms with Gasteiger partial charge in [0, 0.05) is 12.1 Å². The largest absolute Gasteiger partial charge is 0.352 e. The van der Waals surface area contributed by atoms with Crippen molar-refractivity contribution in [3.8, 4) is 0 Å². The van der Waals surface area contributed by atoms with E-state index in [1.54, 1.807) is 6.92 Å². The summed E-state index contributed by atoms with van der Waals surface area (Å²) in [6, 6.07) is 0. The SMILES string of the molecule is C=C(C)C(=O)NCCCCCCCCC=CCC=CCCCCC. The first kappa shape index (κ1) is 22.7. The van der Waals surface area contributed by atoms with Crippen LogP contribution in [0.3, 0.4) is 0 Å². The Morgan fingerprint density at radius 1 is 0.833 bits per heavy atom. The normalized spacial score (nSPS) is 11.4. The van der Waals surface area contributed by atoms with Gasteiger partial charge in [0.25, 0.3) is 0 Å². The molecule has 2 nitrogen and oxygen atoms in total. The average Bonchev–Trinajstić information content (AvgIpc) is 2.57. The van der Waals surface area contributed by atoms with Crippen LogP contribution in [0.4, 0.5) is 0 Å². The topological polar surface area (TPSA) is 29.1 Å². The molecule has 0 rings (SSSR count). The van der Waals surface area contributed by atoms with Crippen LogP contribution in [-0.2, 0) is 4.79 Å². The third kappa shape index (κ3) is 17.1. The van der Waals surface area contributed by atoms with Crippen LogP contribution < -0.4 is 5.32 Å². The highest BCUT2D eigenvalue weighted by Crippen LogP contribution is 2.08. The van der Waals surface area contributed by atoms with E-state index in [4.69, 9.17) is 0 Å². The van der Waals surface area contributed by atoms with Crippen molar-refractivity contribution in [3.63, 3.8) is 0 Å². The molecule has 0 heterocycles. The zero-order chi connectivity index (χ0) is 17.9. The maximum absolute atomic E-state index is 11.3. The summed E-state index contributed by atoms with van der Waals surface area (Å²) in [6.07, 6.45) is 24.2. The highest BCUT2D eigenvalue weighted by Gasteiger charge is 1.99. The molecule has 0 aliphatic rings. The predicted molar refractivity (Wildman–Crippen MR) is 107 cm³/mol. The number of carbonyl (C=O) groups is 1. The molecular formula is C22H39NO. The fraction of sp³-hybridized carbons (Fsp3) is 0.682. The molecule has 2 heteroatoms. The fourth-order valence-electron chi connectivity index (χ4n) is 2.47. The van der Waals surface area contributed by atoms with Crippen molar-refractivity contribution < 1.29 is 4.79 Å². The molecule has 1 N–H and O–H groups in total. The Morgan fingerprint density at radius 3 is 1.96 bits per heavy atom. The second kappa shape index (κ2) is 18.0. The molecule has 0 bridgehead atoms. The van der Waals surface area contributed by atoms with E-state index in [9.17, 15) is 4.79 Å². The van der Waals surface area contributed by atoms with Crippen molar-refractivity contribution in [3.05, 3.63) is 36.5 Å². The van der Waals surface area contributed by atoms with E-state index in [2.05, 4.69) is 43.1 Å². The van der Waals surface area contributed by atoms with E-state index in [1.165, 1.54) is 64.2 Å². The second-order valence-corrected chi connectivity index (χ2v) is 6.62. The molecule has 24 heavy (non-hydrogen) atoms. The molecule has 0 unspecified atom stereocenters. The summed E-state index contributed by atoms with van der Waals surface area (Å²) >= 11 is 0. The molecule has 0 saturated heterocycles. The number of hydrogen-bond donors (Lipinski definition) is 1. The van der Waals surface area contributed by atoms with E-state index >= 15 is 0 Å². The maximum Gasteiger partial charge on any atom is 0.246 e. The van der Waals surface area contributed by atoms with E-state index in [-0.39, 0.29) is 5.91 Å². The van der Waals surface area contributed by atoms with Gasteiger partial charge in [-0.3, -0.25) is 4.79 Å². The monoisotopic (exact) mass is 333 g/mol. The Kier molecular flexibility index (Phi) is 17.1. The zero-order valence-corrected chi connectivity index (χ0v) is 16.1. The number of hydrogen-bond acceptors (Lipinski definition) is 1. The van der Waals surface area contributed by atoms with E-state index < -0.39 is 0 Å². The average molecular weight is 334 g/mol. The van der Waals surface area contributed by atoms with Crippen LogP contribution in [-0.4, -0.2) is 12.5 Å². The number of rotatable bonds is 16. The molecule has 0 aliphatic carbocycles. The van der Waals surface area contributed by atoms with Crippen molar-refractivity contribution >= 4 is 5.91 Å². The summed E-state index contributed by atoms with van der Waals surface area (Å²) < 4.78 is 0. The Labute approximate surface area is 150 Å². The standard InChI is InChI=1S/C22H39NO/c1-4-5-6-7-8-9-10-11-12-13-14-15-16-17-18-19-20-23-22(24)21(2)3/h8-9,11-12H,2,4-7,10,13-20H2,1,3H3,(H,23,24). The second-order valence-electron chi connectivity index (χ2n) is 6.62. The van der Waals surface area contributed by atoms with Crippen molar-refractivity contribution in [1.29, 1.82) is 0 Å². The molecule has 0 fully saturated rings. The summed E-state index contributed by atoms with van der Waals surface area (Å²) in [5.74, 6) is -0.0161. The van der Waals surface area contributed by atoms with Gasteiger partial charge in [-0.15, -0.1) is 0 Å². The van der Waals surface area contributed by atoms with Gasteiger partial charge < -0.3 is 5.32 Å². The first-order valence-electron chi connectivity index (χ1n) is 9.92. The zero-order valence-electron chi connectivity index (χ0n) is 16.1. The Morgan fingerprint density at radius 2 is 1.38 bits per heavy atom. The molecule has 0 atom stereocenters. The maximum atomic E-state index is 11.3. The van der Waals surface area contributed by atoms with Gasteiger partial charge >= 0.3 is 0 Å². The highest BCUT2D eigenvalue weighted by molar-refractivity contribution is 5.91. The minimum absolute atomic E-state index is 0.0161. The van der Waals surface area contributed by atoms with Crippen LogP contribution in [0.25, 0.3) is 0 Å². The molecular weight excluding hydrogens is 294 g/mol. The smallest absolute Gasteiger partial charge is 0.246 e. The first-order valence-corrected chi connectivity index (χ1v) is 9.92. The number of unbranched alkanes of at least 4 members (excludes halogenated alkanes) is 9. The van der Waals surface area contributed by atoms with Crippen LogP contribution >= 0.6 is 0 Å². The molecule has 0 aliphatic heterocycles. The molecule has 0 spiro atoms. The summed E-state index contributed by atoms with van der Waals surface area (Å²) in [7, 11) is 0. The minimum atomic E-state index is -0.0161. The first-order chi connectivity index (χ1) is 11.7. The van der Waals surface area contributed by atoms with Crippen LogP contribution in [0, 0.1) is 0 Å². The molecule has 0 aromatic heterocycles. The summed E-state index contributed by atoms with van der Waals surface area (Å²) in [5, 5.41) is 2.88. The summed E-state index contributed by atoms with van der Waals surface area (Å²) in [6.45, 7) is 8.40. The van der Waals surface area contributed by atoms with Gasteiger partial charge in [0.05, 0.1) is 0 Å². The molecule has 0 aromatic rings. The predicted octanol–water partition coefficient (Wildman–Crippen LogP) is 6.49. The van der Waals surface area contributed by atoms with Gasteiger partial charge in [-0.1, -0.05) is 76.3 Å². The van der Waals surface area contributed by atoms with E-state index in [0.717, 1.165) is 19.4 Å². The lowest BCUT2D eigenvalue weighted by Gasteiger charge is -2.04. The molecule has 138 valence electrons. The number of carbonyl (C=O) groups excluding carboxylic acids is 1. The third-order valence-electron chi connectivity index (χ3n) is 4.05. The van der Waals surface area contributed by atoms with Gasteiger partial charge in [-0.05, 0) is 45.4 Å². The van der Waals surface area contributed by atoms with E-state index in [0.29, 0.717) is 5.57 Å². The van der Waals surface area contributed by atoms with Crippen LogP contribution in [0.2, 0.25) is 0 Å². The van der Waals surface area contributed by atoms with Gasteiger partial charge in [-0.25, -0.2) is 0 Å². The number of amides is 1. The molecule has 0 saturated carbocycles. The van der Waals surface area contributed by atoms with Crippen molar-refractivity contribution in [2.24, 2.45) is 0 Å². The Balaban J connectivity index is 3.23. The third-order valence-corrected chi connectivity index (χ3v) is 4.05. The Hall–Kier alpha value is -1.31. The quantitative estimate of drug-likeness (QED) is 0.195. The van der Waals surface area contributed by atoms with Gasteiger partial charge in [0.15, 0.2) is 0 Å². The van der Waals surface area contributed by atoms with Crippen molar-refractivity contribution in [2.75, 3.05) is 6.54 Å². The van der Waals surface area contributed by atoms with Gasteiger partial charge in [-0.2, -0.15) is 0 Å². The van der Waals surface area contributed by atoms with Crippen LogP contribution in [0.15, 0.2) is 36.5 Å². The van der Waals surface area contributed by atoms with Crippen LogP contribution in [0.5, 0.6) is 0 Å². The van der Waals surface area contributed by atoms with Gasteiger partial charge in [0.2, 0.25) is 5.91 Å². The lowest BCUT2D eigenvalue weighted by molar-refractivity contribution is -0.117. The number of allylic oxidation sites excluding steroid dienone is 4. The molecule has 0 radical (unpaired) electrons. The summed E-state index contributed by atoms with van der Waals surface area (Å²) in [5.41, 5.74) is 0.593. The van der Waals surface area contributed by atoms with Crippen LogP contribution in [0.1, 0.15) is 90.9 Å². The lowest BCUT2D eigenvalue weighted by Crippen LogP contribution is -2.24.